The third kappa shape index (κ3) is 6.55. The van der Waals surface area contributed by atoms with Gasteiger partial charge >= 0.3 is 6.18 Å². The second-order valence-corrected chi connectivity index (χ2v) is 11.2. The predicted octanol–water partition coefficient (Wildman–Crippen LogP) is 5.51. The van der Waals surface area contributed by atoms with Crippen molar-refractivity contribution in [2.45, 2.75) is 39.0 Å². The van der Waals surface area contributed by atoms with Crippen LogP contribution in [-0.4, -0.2) is 83.4 Å². The van der Waals surface area contributed by atoms with Gasteiger partial charge in [-0.2, -0.15) is 13.2 Å². The molecule has 2 N–H and O–H groups in total. The smallest absolute Gasteiger partial charge is 0.416 e. The Morgan fingerprint density at radius 3 is 2.57 bits per heavy atom. The fourth-order valence-electron chi connectivity index (χ4n) is 5.29. The first-order valence-corrected chi connectivity index (χ1v) is 14.3. The van der Waals surface area contributed by atoms with Crippen molar-refractivity contribution < 1.29 is 31.5 Å². The number of nitrogens with zero attached hydrogens (tertiary/aromatic N) is 5. The van der Waals surface area contributed by atoms with Crippen LogP contribution in [0.3, 0.4) is 0 Å². The number of alkyl halides is 3. The van der Waals surface area contributed by atoms with E-state index in [0.29, 0.717) is 13.1 Å². The van der Waals surface area contributed by atoms with Gasteiger partial charge in [-0.1, -0.05) is 6.07 Å². The Balaban J connectivity index is 1.50. The molecule has 0 saturated carbocycles. The van der Waals surface area contributed by atoms with Crippen LogP contribution in [0, 0.1) is 11.6 Å². The first kappa shape index (κ1) is 31.4. The summed E-state index contributed by atoms with van der Waals surface area (Å²) in [7, 11) is 3.47. The number of halogens is 5. The molecule has 0 aliphatic carbocycles. The molecule has 1 unspecified atom stereocenters. The molecule has 236 valence electrons. The SMILES string of the molecule is CCN(C)C(=O)c1c(Nc2ccc(CN3CCN(C)CC3)c(C(F)(F)F)c2)ncnc1Oc1cc(F)c2c(c1F)CC(C)N2. The fourth-order valence-corrected chi connectivity index (χ4v) is 5.29. The lowest BCUT2D eigenvalue weighted by Crippen LogP contribution is -2.44. The third-order valence-electron chi connectivity index (χ3n) is 7.90. The molecular weight excluding hydrogens is 585 g/mol. The average molecular weight is 620 g/mol. The van der Waals surface area contributed by atoms with Crippen molar-refractivity contribution in [1.29, 1.82) is 0 Å². The Morgan fingerprint density at radius 2 is 1.89 bits per heavy atom. The molecule has 1 fully saturated rings. The normalized spacial score (nSPS) is 17.2. The summed E-state index contributed by atoms with van der Waals surface area (Å²) in [4.78, 5) is 27.0. The number of aromatic nitrogens is 2. The van der Waals surface area contributed by atoms with Gasteiger partial charge in [0, 0.05) is 69.7 Å². The van der Waals surface area contributed by atoms with Gasteiger partial charge in [0.25, 0.3) is 5.91 Å². The van der Waals surface area contributed by atoms with Crippen LogP contribution in [-0.2, 0) is 19.1 Å². The molecule has 5 rings (SSSR count). The van der Waals surface area contributed by atoms with Crippen LogP contribution in [0.15, 0.2) is 30.6 Å². The monoisotopic (exact) mass is 619 g/mol. The molecule has 1 amide bonds. The topological polar surface area (TPSA) is 85.9 Å². The molecule has 2 aromatic carbocycles. The quantitative estimate of drug-likeness (QED) is 0.320. The number of hydrogen-bond acceptors (Lipinski definition) is 8. The van der Waals surface area contributed by atoms with Crippen LogP contribution in [0.25, 0.3) is 0 Å². The van der Waals surface area contributed by atoms with E-state index in [9.17, 15) is 22.4 Å². The highest BCUT2D eigenvalue weighted by atomic mass is 19.4. The number of carbonyl (C=O) groups is 1. The molecular formula is C30H34F5N7O2. The zero-order valence-electron chi connectivity index (χ0n) is 24.9. The second kappa shape index (κ2) is 12.5. The Kier molecular flexibility index (Phi) is 8.93. The largest absolute Gasteiger partial charge is 0.435 e. The second-order valence-electron chi connectivity index (χ2n) is 11.2. The highest BCUT2D eigenvalue weighted by molar-refractivity contribution is 6.01. The number of ether oxygens (including phenoxy) is 1. The molecule has 0 bridgehead atoms. The van der Waals surface area contributed by atoms with Crippen LogP contribution in [0.1, 0.15) is 40.9 Å². The van der Waals surface area contributed by atoms with Crippen LogP contribution in [0.2, 0.25) is 0 Å². The van der Waals surface area contributed by atoms with Crippen molar-refractivity contribution in [3.8, 4) is 11.6 Å². The van der Waals surface area contributed by atoms with E-state index < -0.39 is 35.0 Å². The van der Waals surface area contributed by atoms with E-state index in [0.717, 1.165) is 31.5 Å². The van der Waals surface area contributed by atoms with E-state index in [-0.39, 0.29) is 65.3 Å². The fraction of sp³-hybridized carbons (Fsp3) is 0.433. The number of amides is 1. The Hall–Kier alpha value is -4.04. The zero-order valence-corrected chi connectivity index (χ0v) is 24.9. The van der Waals surface area contributed by atoms with Crippen LogP contribution in [0.4, 0.5) is 39.1 Å². The number of likely N-dealkylation sites (N-methyl/N-ethyl adjacent to an activating group) is 1. The van der Waals surface area contributed by atoms with Gasteiger partial charge < -0.3 is 25.2 Å². The van der Waals surface area contributed by atoms with Crippen molar-refractivity contribution in [1.82, 2.24) is 24.7 Å². The minimum atomic E-state index is -4.64. The lowest BCUT2D eigenvalue weighted by molar-refractivity contribution is -0.138. The number of rotatable bonds is 8. The lowest BCUT2D eigenvalue weighted by Gasteiger charge is -2.33. The molecule has 2 aliphatic heterocycles. The first-order valence-electron chi connectivity index (χ1n) is 14.3. The van der Waals surface area contributed by atoms with Crippen molar-refractivity contribution in [2.75, 3.05) is 57.5 Å². The molecule has 1 saturated heterocycles. The Labute approximate surface area is 252 Å². The average Bonchev–Trinajstić information content (AvgIpc) is 3.39. The number of anilines is 3. The van der Waals surface area contributed by atoms with Crippen molar-refractivity contribution in [2.24, 2.45) is 0 Å². The van der Waals surface area contributed by atoms with Gasteiger partial charge in [0.2, 0.25) is 5.88 Å². The summed E-state index contributed by atoms with van der Waals surface area (Å²) in [6.45, 7) is 6.72. The van der Waals surface area contributed by atoms with Gasteiger partial charge in [-0.05, 0) is 45.0 Å². The minimum absolute atomic E-state index is 0.0205. The van der Waals surface area contributed by atoms with Crippen molar-refractivity contribution in [3.05, 3.63) is 64.5 Å². The molecule has 14 heteroatoms. The summed E-state index contributed by atoms with van der Waals surface area (Å²) in [6, 6.07) is 4.52. The van der Waals surface area contributed by atoms with E-state index in [4.69, 9.17) is 4.74 Å². The summed E-state index contributed by atoms with van der Waals surface area (Å²) in [5.74, 6) is -3.19. The first-order chi connectivity index (χ1) is 20.8. The van der Waals surface area contributed by atoms with Gasteiger partial charge in [-0.3, -0.25) is 9.69 Å². The molecule has 3 heterocycles. The Morgan fingerprint density at radius 1 is 1.16 bits per heavy atom. The Bertz CT molecular complexity index is 1540. The minimum Gasteiger partial charge on any atom is -0.435 e. The summed E-state index contributed by atoms with van der Waals surface area (Å²) in [5, 5.41) is 5.68. The maximum atomic E-state index is 15.4. The van der Waals surface area contributed by atoms with E-state index in [1.54, 1.807) is 13.8 Å². The molecule has 1 atom stereocenters. The molecule has 3 aromatic rings. The molecule has 1 aromatic heterocycles. The molecule has 9 nitrogen and oxygen atoms in total. The van der Waals surface area contributed by atoms with Crippen LogP contribution < -0.4 is 15.4 Å². The molecule has 0 radical (unpaired) electrons. The van der Waals surface area contributed by atoms with Crippen molar-refractivity contribution in [3.63, 3.8) is 0 Å². The highest BCUT2D eigenvalue weighted by Crippen LogP contribution is 2.40. The molecule has 0 spiro atoms. The van der Waals surface area contributed by atoms with Gasteiger partial charge in [0.1, 0.15) is 11.9 Å². The van der Waals surface area contributed by atoms with E-state index in [1.165, 1.54) is 24.1 Å². The number of hydrogen-bond donors (Lipinski definition) is 2. The van der Waals surface area contributed by atoms with E-state index in [2.05, 4.69) is 25.5 Å². The lowest BCUT2D eigenvalue weighted by atomic mass is 10.0. The predicted molar refractivity (Wildman–Crippen MR) is 155 cm³/mol. The number of nitrogens with one attached hydrogen (secondary N) is 2. The van der Waals surface area contributed by atoms with Gasteiger partial charge in [0.05, 0.1) is 11.3 Å². The third-order valence-corrected chi connectivity index (χ3v) is 7.90. The molecule has 44 heavy (non-hydrogen) atoms. The van der Waals surface area contributed by atoms with Gasteiger partial charge in [-0.25, -0.2) is 18.7 Å². The van der Waals surface area contributed by atoms with Crippen molar-refractivity contribution >= 4 is 23.1 Å². The number of piperazine rings is 1. The molecule has 2 aliphatic rings. The standard InChI is InChI=1S/C30H34F5N7O2/c1-5-41(4)29(43)24-27(36-16-37-28(24)44-23-14-22(31)26-20(25(23)32)12-17(2)38-26)39-19-7-6-18(21(13-19)30(33,34)35)15-42-10-8-40(3)9-11-42/h6-7,13-14,16-17,38H,5,8-12,15H2,1-4H3,(H,36,37,39). The number of fused-ring (bicyclic) bond motifs is 1. The van der Waals surface area contributed by atoms with Crippen LogP contribution >= 0.6 is 0 Å². The van der Waals surface area contributed by atoms with Gasteiger partial charge in [-0.15, -0.1) is 0 Å². The number of benzene rings is 2. The number of carbonyl (C=O) groups excluding carboxylic acids is 1. The summed E-state index contributed by atoms with van der Waals surface area (Å²) >= 11 is 0. The summed E-state index contributed by atoms with van der Waals surface area (Å²) < 4.78 is 78.5. The maximum absolute atomic E-state index is 15.4. The van der Waals surface area contributed by atoms with Gasteiger partial charge in [0.15, 0.2) is 23.2 Å². The van der Waals surface area contributed by atoms with E-state index >= 15 is 4.39 Å². The summed E-state index contributed by atoms with van der Waals surface area (Å²) in [5.41, 5.74) is -0.769. The van der Waals surface area contributed by atoms with E-state index in [1.807, 2.05) is 11.9 Å². The zero-order chi connectivity index (χ0) is 31.8. The highest BCUT2D eigenvalue weighted by Gasteiger charge is 2.35. The maximum Gasteiger partial charge on any atom is 0.416 e. The van der Waals surface area contributed by atoms with Crippen LogP contribution in [0.5, 0.6) is 11.6 Å². The summed E-state index contributed by atoms with van der Waals surface area (Å²) in [6.07, 6.45) is -3.39.